The Labute approximate surface area is 173 Å². The van der Waals surface area contributed by atoms with Gasteiger partial charge >= 0.3 is 0 Å². The van der Waals surface area contributed by atoms with Crippen LogP contribution in [0.3, 0.4) is 0 Å². The Morgan fingerprint density at radius 1 is 1.28 bits per heavy atom. The molecule has 0 aliphatic carbocycles. The second-order valence-electron chi connectivity index (χ2n) is 7.20. The number of carbonyl (C=O) groups is 1. The molecule has 2 aromatic carbocycles. The molecule has 152 valence electrons. The Hall–Kier alpha value is -2.44. The maximum absolute atomic E-state index is 14.3. The van der Waals surface area contributed by atoms with Crippen LogP contribution in [0.2, 0.25) is 5.02 Å². The van der Waals surface area contributed by atoms with Gasteiger partial charge in [0.1, 0.15) is 17.7 Å². The fourth-order valence-electron chi connectivity index (χ4n) is 3.69. The third kappa shape index (κ3) is 4.43. The van der Waals surface area contributed by atoms with Crippen LogP contribution in [-0.2, 0) is 22.5 Å². The van der Waals surface area contributed by atoms with Crippen molar-refractivity contribution in [1.29, 1.82) is 0 Å². The first kappa shape index (κ1) is 19.9. The van der Waals surface area contributed by atoms with E-state index in [1.165, 1.54) is 6.07 Å². The van der Waals surface area contributed by atoms with E-state index in [1.807, 2.05) is 28.8 Å². The number of fused-ring (bicyclic) bond motifs is 1. The van der Waals surface area contributed by atoms with Crippen LogP contribution in [0, 0.1) is 5.82 Å². The molecule has 0 spiro atoms. The van der Waals surface area contributed by atoms with Gasteiger partial charge in [-0.05, 0) is 43.5 Å². The highest BCUT2D eigenvalue weighted by Crippen LogP contribution is 2.24. The Morgan fingerprint density at radius 2 is 2.14 bits per heavy atom. The maximum Gasteiger partial charge on any atom is 0.249 e. The van der Waals surface area contributed by atoms with Gasteiger partial charge in [0.25, 0.3) is 0 Å². The number of nitrogens with one attached hydrogen (secondary N) is 1. The Kier molecular flexibility index (Phi) is 6.11. The third-order valence-corrected chi connectivity index (χ3v) is 5.56. The van der Waals surface area contributed by atoms with Crippen molar-refractivity contribution in [3.8, 4) is 0 Å². The molecule has 3 aromatic rings. The summed E-state index contributed by atoms with van der Waals surface area (Å²) in [5, 5.41) is 3.33. The van der Waals surface area contributed by atoms with Crippen LogP contribution >= 0.6 is 11.6 Å². The average molecular weight is 416 g/mol. The van der Waals surface area contributed by atoms with Crippen LogP contribution in [-0.4, -0.2) is 34.7 Å². The van der Waals surface area contributed by atoms with Crippen molar-refractivity contribution in [2.75, 3.05) is 13.2 Å². The average Bonchev–Trinajstić information content (AvgIpc) is 3.36. The van der Waals surface area contributed by atoms with Gasteiger partial charge in [-0.15, -0.1) is 0 Å². The number of imidazole rings is 1. The van der Waals surface area contributed by atoms with E-state index in [-0.39, 0.29) is 17.8 Å². The van der Waals surface area contributed by atoms with Gasteiger partial charge < -0.3 is 14.6 Å². The van der Waals surface area contributed by atoms with Crippen LogP contribution in [0.4, 0.5) is 4.39 Å². The summed E-state index contributed by atoms with van der Waals surface area (Å²) in [6.07, 6.45) is 2.79. The minimum atomic E-state index is -0.329. The summed E-state index contributed by atoms with van der Waals surface area (Å²) in [5.41, 5.74) is 2.24. The minimum Gasteiger partial charge on any atom is -0.368 e. The number of aryl methyl sites for hydroxylation is 1. The second-order valence-corrected chi connectivity index (χ2v) is 7.61. The smallest absolute Gasteiger partial charge is 0.249 e. The molecule has 2 heterocycles. The van der Waals surface area contributed by atoms with Crippen LogP contribution in [0.15, 0.2) is 42.5 Å². The number of aromatic nitrogens is 2. The molecule has 5 nitrogen and oxygen atoms in total. The topological polar surface area (TPSA) is 56.2 Å². The fourth-order valence-corrected chi connectivity index (χ4v) is 3.91. The number of nitrogens with zero attached hydrogens (tertiary/aromatic N) is 2. The van der Waals surface area contributed by atoms with E-state index in [1.54, 1.807) is 12.1 Å². The number of ether oxygens (including phenoxy) is 1. The van der Waals surface area contributed by atoms with Gasteiger partial charge in [0.05, 0.1) is 17.6 Å². The molecule has 0 radical (unpaired) electrons. The highest BCUT2D eigenvalue weighted by Gasteiger charge is 2.23. The van der Waals surface area contributed by atoms with Crippen molar-refractivity contribution in [2.45, 2.75) is 38.3 Å². The first-order valence-corrected chi connectivity index (χ1v) is 10.3. The van der Waals surface area contributed by atoms with Crippen LogP contribution < -0.4 is 5.32 Å². The van der Waals surface area contributed by atoms with Gasteiger partial charge in [-0.1, -0.05) is 29.8 Å². The van der Waals surface area contributed by atoms with E-state index >= 15 is 0 Å². The molecular weight excluding hydrogens is 393 g/mol. The van der Waals surface area contributed by atoms with E-state index in [0.717, 1.165) is 36.1 Å². The molecule has 1 aromatic heterocycles. The van der Waals surface area contributed by atoms with Gasteiger partial charge in [-0.3, -0.25) is 4.79 Å². The zero-order valence-electron chi connectivity index (χ0n) is 16.0. The minimum absolute atomic E-state index is 0.0471. The normalized spacial score (nSPS) is 16.4. The molecule has 29 heavy (non-hydrogen) atoms. The molecule has 1 unspecified atom stereocenters. The van der Waals surface area contributed by atoms with E-state index < -0.39 is 0 Å². The largest absolute Gasteiger partial charge is 0.368 e. The Morgan fingerprint density at radius 3 is 2.93 bits per heavy atom. The van der Waals surface area contributed by atoms with Crippen molar-refractivity contribution in [3.63, 3.8) is 0 Å². The quantitative estimate of drug-likeness (QED) is 0.591. The molecule has 1 amide bonds. The van der Waals surface area contributed by atoms with E-state index in [9.17, 15) is 9.18 Å². The van der Waals surface area contributed by atoms with E-state index in [2.05, 4.69) is 5.32 Å². The van der Waals surface area contributed by atoms with Crippen molar-refractivity contribution in [1.82, 2.24) is 14.9 Å². The Balaban J connectivity index is 1.48. The summed E-state index contributed by atoms with van der Waals surface area (Å²) >= 11 is 6.24. The monoisotopic (exact) mass is 415 g/mol. The molecule has 0 bridgehead atoms. The molecular formula is C22H23ClFN3O2. The lowest BCUT2D eigenvalue weighted by molar-refractivity contribution is -0.130. The lowest BCUT2D eigenvalue weighted by Crippen LogP contribution is -2.34. The highest BCUT2D eigenvalue weighted by atomic mass is 35.5. The lowest BCUT2D eigenvalue weighted by atomic mass is 10.2. The zero-order valence-corrected chi connectivity index (χ0v) is 16.8. The predicted molar refractivity (Wildman–Crippen MR) is 111 cm³/mol. The summed E-state index contributed by atoms with van der Waals surface area (Å²) < 4.78 is 21.7. The first-order chi connectivity index (χ1) is 14.1. The number of hydrogen-bond acceptors (Lipinski definition) is 3. The van der Waals surface area contributed by atoms with Crippen LogP contribution in [0.5, 0.6) is 0 Å². The molecule has 1 aliphatic rings. The van der Waals surface area contributed by atoms with Crippen molar-refractivity contribution < 1.29 is 13.9 Å². The summed E-state index contributed by atoms with van der Waals surface area (Å²) in [6, 6.07) is 12.5. The summed E-state index contributed by atoms with van der Waals surface area (Å²) in [4.78, 5) is 16.8. The fraction of sp³-hybridized carbons (Fsp3) is 0.364. The third-order valence-electron chi connectivity index (χ3n) is 5.21. The van der Waals surface area contributed by atoms with Crippen molar-refractivity contribution >= 4 is 28.5 Å². The standard InChI is InChI=1S/C22H23ClFN3O2/c23-16-6-3-7-17(24)15(16)14-27-19-9-2-1-8-18(19)26-21(27)11-4-12-25-22(28)20-10-5-13-29-20/h1-3,6-9,20H,4-5,10-14H2,(H,25,28). The van der Waals surface area contributed by atoms with Crippen molar-refractivity contribution in [3.05, 3.63) is 64.7 Å². The number of halogens is 2. The molecule has 1 atom stereocenters. The highest BCUT2D eigenvalue weighted by molar-refractivity contribution is 6.31. The van der Waals surface area contributed by atoms with Gasteiger partial charge in [-0.2, -0.15) is 0 Å². The van der Waals surface area contributed by atoms with Gasteiger partial charge in [0, 0.05) is 30.2 Å². The van der Waals surface area contributed by atoms with Crippen molar-refractivity contribution in [2.24, 2.45) is 0 Å². The van der Waals surface area contributed by atoms with Gasteiger partial charge in [-0.25, -0.2) is 9.37 Å². The van der Waals surface area contributed by atoms with Gasteiger partial charge in [0.2, 0.25) is 5.91 Å². The summed E-state index contributed by atoms with van der Waals surface area (Å²) in [6.45, 7) is 1.51. The van der Waals surface area contributed by atoms with Crippen LogP contribution in [0.25, 0.3) is 11.0 Å². The molecule has 1 aliphatic heterocycles. The second kappa shape index (κ2) is 8.93. The van der Waals surface area contributed by atoms with Gasteiger partial charge in [0.15, 0.2) is 0 Å². The molecule has 1 N–H and O–H groups in total. The maximum atomic E-state index is 14.3. The Bertz CT molecular complexity index is 994. The zero-order chi connectivity index (χ0) is 20.2. The number of hydrogen-bond donors (Lipinski definition) is 1. The number of carbonyl (C=O) groups excluding carboxylic acids is 1. The molecule has 1 fully saturated rings. The molecule has 4 rings (SSSR count). The molecule has 0 saturated carbocycles. The number of para-hydroxylation sites is 2. The molecule has 1 saturated heterocycles. The van der Waals surface area contributed by atoms with E-state index in [0.29, 0.717) is 36.7 Å². The van der Waals surface area contributed by atoms with E-state index in [4.69, 9.17) is 21.3 Å². The number of benzene rings is 2. The SMILES string of the molecule is O=C(NCCCc1nc2ccccc2n1Cc1c(F)cccc1Cl)C1CCCO1. The number of rotatable bonds is 7. The lowest BCUT2D eigenvalue weighted by Gasteiger charge is -2.13. The first-order valence-electron chi connectivity index (χ1n) is 9.90. The molecule has 7 heteroatoms. The summed E-state index contributed by atoms with van der Waals surface area (Å²) in [5.74, 6) is 0.469. The predicted octanol–water partition coefficient (Wildman–Crippen LogP) is 4.10. The number of amides is 1. The summed E-state index contributed by atoms with van der Waals surface area (Å²) in [7, 11) is 0. The van der Waals surface area contributed by atoms with Crippen LogP contribution in [0.1, 0.15) is 30.7 Å².